The van der Waals surface area contributed by atoms with Gasteiger partial charge in [-0.1, -0.05) is 5.16 Å². The molecule has 2 aromatic heterocycles. The molecule has 0 radical (unpaired) electrons. The maximum absolute atomic E-state index is 13.0. The third-order valence-electron chi connectivity index (χ3n) is 4.45. The first-order chi connectivity index (χ1) is 13.2. The van der Waals surface area contributed by atoms with E-state index in [0.717, 1.165) is 12.8 Å². The first kappa shape index (κ1) is 19.1. The lowest BCUT2D eigenvalue weighted by atomic mass is 9.97. The number of carbonyl (C=O) groups is 1. The van der Waals surface area contributed by atoms with Gasteiger partial charge in [-0.15, -0.1) is 0 Å². The van der Waals surface area contributed by atoms with Gasteiger partial charge in [-0.25, -0.2) is 0 Å². The summed E-state index contributed by atoms with van der Waals surface area (Å²) in [6.07, 6.45) is 1.76. The van der Waals surface area contributed by atoms with Crippen LogP contribution in [0.5, 0.6) is 11.8 Å². The molecule has 0 bridgehead atoms. The molecule has 0 aliphatic carbocycles. The van der Waals surface area contributed by atoms with E-state index in [-0.39, 0.29) is 17.7 Å². The normalized spacial score (nSPS) is 17.0. The van der Waals surface area contributed by atoms with Crippen LogP contribution in [0, 0.1) is 0 Å². The molecule has 0 spiro atoms. The number of methoxy groups -OCH3 is 2. The third kappa shape index (κ3) is 4.36. The lowest BCUT2D eigenvalue weighted by Gasteiger charge is -2.31. The summed E-state index contributed by atoms with van der Waals surface area (Å²) in [7, 11) is 3.00. The zero-order chi connectivity index (χ0) is 19.2. The van der Waals surface area contributed by atoms with Gasteiger partial charge in [0.2, 0.25) is 11.8 Å². The summed E-state index contributed by atoms with van der Waals surface area (Å²) in [5.41, 5.74) is 0.407. The van der Waals surface area contributed by atoms with Crippen molar-refractivity contribution in [2.24, 2.45) is 0 Å². The van der Waals surface area contributed by atoms with E-state index in [4.69, 9.17) is 18.7 Å². The SMILES string of the molecule is CCOCc1nc(C2CCCN(C(=O)c3ccc(OC)nc3OC)C2)no1. The zero-order valence-electron chi connectivity index (χ0n) is 15.8. The van der Waals surface area contributed by atoms with E-state index >= 15 is 0 Å². The summed E-state index contributed by atoms with van der Waals surface area (Å²) in [6.45, 7) is 3.97. The van der Waals surface area contributed by atoms with Crippen LogP contribution in [0.15, 0.2) is 16.7 Å². The Kier molecular flexibility index (Phi) is 6.23. The second kappa shape index (κ2) is 8.81. The van der Waals surface area contributed by atoms with Crippen molar-refractivity contribution < 1.29 is 23.5 Å². The number of piperidine rings is 1. The van der Waals surface area contributed by atoms with Gasteiger partial charge in [-0.2, -0.15) is 9.97 Å². The lowest BCUT2D eigenvalue weighted by Crippen LogP contribution is -2.39. The first-order valence-electron chi connectivity index (χ1n) is 8.94. The highest BCUT2D eigenvalue weighted by atomic mass is 16.5. The smallest absolute Gasteiger partial charge is 0.259 e. The zero-order valence-corrected chi connectivity index (χ0v) is 15.8. The number of hydrogen-bond acceptors (Lipinski definition) is 8. The fourth-order valence-corrected chi connectivity index (χ4v) is 3.08. The van der Waals surface area contributed by atoms with Gasteiger partial charge >= 0.3 is 0 Å². The van der Waals surface area contributed by atoms with Crippen molar-refractivity contribution in [1.29, 1.82) is 0 Å². The molecular weight excluding hydrogens is 352 g/mol. The van der Waals surface area contributed by atoms with Gasteiger partial charge in [0.15, 0.2) is 5.82 Å². The Balaban J connectivity index is 1.72. The molecule has 2 aromatic rings. The Morgan fingerprint density at radius 2 is 2.15 bits per heavy atom. The topological polar surface area (TPSA) is 99.8 Å². The molecule has 1 amide bonds. The van der Waals surface area contributed by atoms with Crippen molar-refractivity contribution in [1.82, 2.24) is 20.0 Å². The average molecular weight is 376 g/mol. The van der Waals surface area contributed by atoms with Crippen molar-refractivity contribution in [3.63, 3.8) is 0 Å². The number of nitrogens with zero attached hydrogens (tertiary/aromatic N) is 4. The maximum Gasteiger partial charge on any atom is 0.259 e. The molecule has 9 heteroatoms. The van der Waals surface area contributed by atoms with Crippen LogP contribution in [-0.2, 0) is 11.3 Å². The van der Waals surface area contributed by atoms with Crippen molar-refractivity contribution in [3.05, 3.63) is 29.4 Å². The van der Waals surface area contributed by atoms with Crippen LogP contribution in [0.25, 0.3) is 0 Å². The van der Waals surface area contributed by atoms with Gasteiger partial charge < -0.3 is 23.6 Å². The van der Waals surface area contributed by atoms with Gasteiger partial charge in [0.05, 0.1) is 14.2 Å². The van der Waals surface area contributed by atoms with Crippen LogP contribution in [0.3, 0.4) is 0 Å². The molecule has 3 rings (SSSR count). The summed E-state index contributed by atoms with van der Waals surface area (Å²) >= 11 is 0. The van der Waals surface area contributed by atoms with Gasteiger partial charge in [0.1, 0.15) is 12.2 Å². The molecule has 0 saturated carbocycles. The summed E-state index contributed by atoms with van der Waals surface area (Å²) < 4.78 is 20.9. The van der Waals surface area contributed by atoms with E-state index < -0.39 is 0 Å². The van der Waals surface area contributed by atoms with Crippen LogP contribution in [0.4, 0.5) is 0 Å². The van der Waals surface area contributed by atoms with Crippen LogP contribution in [0.2, 0.25) is 0 Å². The Labute approximate surface area is 157 Å². The Bertz CT molecular complexity index is 779. The fraction of sp³-hybridized carbons (Fsp3) is 0.556. The molecule has 1 aliphatic heterocycles. The van der Waals surface area contributed by atoms with Crippen molar-refractivity contribution in [2.75, 3.05) is 33.9 Å². The molecule has 1 unspecified atom stereocenters. The monoisotopic (exact) mass is 376 g/mol. The lowest BCUT2D eigenvalue weighted by molar-refractivity contribution is 0.0699. The number of amides is 1. The predicted molar refractivity (Wildman–Crippen MR) is 94.8 cm³/mol. The molecule has 146 valence electrons. The van der Waals surface area contributed by atoms with E-state index in [0.29, 0.717) is 49.5 Å². The van der Waals surface area contributed by atoms with Gasteiger partial charge in [0, 0.05) is 31.7 Å². The highest BCUT2D eigenvalue weighted by Gasteiger charge is 2.30. The molecule has 1 atom stereocenters. The number of aromatic nitrogens is 3. The highest BCUT2D eigenvalue weighted by Crippen LogP contribution is 2.28. The molecule has 9 nitrogen and oxygen atoms in total. The molecule has 0 N–H and O–H groups in total. The Morgan fingerprint density at radius 1 is 1.30 bits per heavy atom. The number of pyridine rings is 1. The second-order valence-electron chi connectivity index (χ2n) is 6.18. The number of ether oxygens (including phenoxy) is 3. The molecule has 1 fully saturated rings. The molecular formula is C18H24N4O5. The van der Waals surface area contributed by atoms with Gasteiger partial charge in [0.25, 0.3) is 11.8 Å². The standard InChI is InChI=1S/C18H24N4O5/c1-4-26-11-15-19-16(21-27-15)12-6-5-9-22(10-12)18(23)13-7-8-14(24-2)20-17(13)25-3/h7-8,12H,4-6,9-11H2,1-3H3. The minimum atomic E-state index is -0.135. The number of likely N-dealkylation sites (tertiary alicyclic amines) is 1. The van der Waals surface area contributed by atoms with Crippen molar-refractivity contribution in [2.45, 2.75) is 32.3 Å². The van der Waals surface area contributed by atoms with E-state index in [1.165, 1.54) is 14.2 Å². The van der Waals surface area contributed by atoms with Crippen molar-refractivity contribution in [3.8, 4) is 11.8 Å². The van der Waals surface area contributed by atoms with Crippen LogP contribution >= 0.6 is 0 Å². The summed E-state index contributed by atoms with van der Waals surface area (Å²) in [6, 6.07) is 3.32. The minimum absolute atomic E-state index is 0.0269. The fourth-order valence-electron chi connectivity index (χ4n) is 3.08. The quantitative estimate of drug-likeness (QED) is 0.724. The largest absolute Gasteiger partial charge is 0.481 e. The maximum atomic E-state index is 13.0. The van der Waals surface area contributed by atoms with Gasteiger partial charge in [-0.3, -0.25) is 4.79 Å². The van der Waals surface area contributed by atoms with Crippen molar-refractivity contribution >= 4 is 5.91 Å². The Morgan fingerprint density at radius 3 is 2.89 bits per heavy atom. The first-order valence-corrected chi connectivity index (χ1v) is 8.94. The average Bonchev–Trinajstić information content (AvgIpc) is 3.20. The number of rotatable bonds is 7. The number of carbonyl (C=O) groups excluding carboxylic acids is 1. The third-order valence-corrected chi connectivity index (χ3v) is 4.45. The van der Waals surface area contributed by atoms with E-state index in [2.05, 4.69) is 15.1 Å². The Hall–Kier alpha value is -2.68. The van der Waals surface area contributed by atoms with Gasteiger partial charge in [-0.05, 0) is 25.8 Å². The van der Waals surface area contributed by atoms with Crippen LogP contribution < -0.4 is 9.47 Å². The second-order valence-corrected chi connectivity index (χ2v) is 6.18. The minimum Gasteiger partial charge on any atom is -0.481 e. The van der Waals surface area contributed by atoms with E-state index in [1.807, 2.05) is 6.92 Å². The van der Waals surface area contributed by atoms with E-state index in [9.17, 15) is 4.79 Å². The molecule has 1 saturated heterocycles. The molecule has 0 aromatic carbocycles. The summed E-state index contributed by atoms with van der Waals surface area (Å²) in [5, 5.41) is 4.06. The summed E-state index contributed by atoms with van der Waals surface area (Å²) in [4.78, 5) is 23.3. The number of hydrogen-bond donors (Lipinski definition) is 0. The van der Waals surface area contributed by atoms with E-state index in [1.54, 1.807) is 17.0 Å². The van der Waals surface area contributed by atoms with Crippen LogP contribution in [0.1, 0.15) is 47.8 Å². The molecule has 27 heavy (non-hydrogen) atoms. The summed E-state index contributed by atoms with van der Waals surface area (Å²) in [5.74, 6) is 1.61. The molecule has 1 aliphatic rings. The predicted octanol–water partition coefficient (Wildman–Crippen LogP) is 2.04. The molecule has 3 heterocycles. The van der Waals surface area contributed by atoms with Crippen LogP contribution in [-0.4, -0.2) is 59.8 Å². The highest BCUT2D eigenvalue weighted by molar-refractivity contribution is 5.96.